The highest BCUT2D eigenvalue weighted by Gasteiger charge is 2.54. The third kappa shape index (κ3) is 4.68. The quantitative estimate of drug-likeness (QED) is 0.201. The molecule has 4 aromatic heterocycles. The molecule has 232 valence electrons. The predicted octanol–water partition coefficient (Wildman–Crippen LogP) is 5.61. The number of aryl methyl sites for hydroxylation is 1. The number of benzene rings is 2. The first-order valence-corrected chi connectivity index (χ1v) is 15.5. The van der Waals surface area contributed by atoms with Crippen molar-refractivity contribution in [3.05, 3.63) is 84.4 Å². The zero-order valence-electron chi connectivity index (χ0n) is 25.9. The van der Waals surface area contributed by atoms with Crippen LogP contribution >= 0.6 is 0 Å². The Kier molecular flexibility index (Phi) is 6.59. The van der Waals surface area contributed by atoms with Gasteiger partial charge in [-0.15, -0.1) is 5.10 Å². The van der Waals surface area contributed by atoms with Crippen LogP contribution in [-0.2, 0) is 0 Å². The molecule has 1 amide bonds. The SMILES string of the molecule is COc1nccc(N(C)c2ccc(C)c(-c3cn(C4CC5CCC4(NC(=O)c4cc(-c6c[nH]c7ccccc67)n[nH]4)C5)nn3)c2)n1. The van der Waals surface area contributed by atoms with Crippen molar-refractivity contribution >= 4 is 28.3 Å². The molecule has 2 bridgehead atoms. The molecule has 0 spiro atoms. The number of methoxy groups -OCH3 is 1. The Bertz CT molecular complexity index is 2080. The van der Waals surface area contributed by atoms with Gasteiger partial charge in [0.1, 0.15) is 17.2 Å². The number of nitrogens with zero attached hydrogens (tertiary/aromatic N) is 7. The van der Waals surface area contributed by atoms with Crippen LogP contribution in [0.3, 0.4) is 0 Å². The average Bonchev–Trinajstić information content (AvgIpc) is 3.92. The maximum Gasteiger partial charge on any atom is 0.318 e. The van der Waals surface area contributed by atoms with Crippen molar-refractivity contribution in [3.63, 3.8) is 0 Å². The van der Waals surface area contributed by atoms with Gasteiger partial charge >= 0.3 is 6.01 Å². The first-order valence-electron chi connectivity index (χ1n) is 15.5. The summed E-state index contributed by atoms with van der Waals surface area (Å²) in [7, 11) is 3.51. The van der Waals surface area contributed by atoms with Gasteiger partial charge in [0.2, 0.25) is 0 Å². The van der Waals surface area contributed by atoms with Gasteiger partial charge in [0, 0.05) is 47.2 Å². The minimum absolute atomic E-state index is 0.00658. The molecule has 0 radical (unpaired) electrons. The van der Waals surface area contributed by atoms with E-state index in [1.54, 1.807) is 13.3 Å². The van der Waals surface area contributed by atoms with Crippen LogP contribution in [-0.4, -0.2) is 65.7 Å². The number of carbonyl (C=O) groups excluding carboxylic acids is 1. The summed E-state index contributed by atoms with van der Waals surface area (Å²) < 4.78 is 7.17. The van der Waals surface area contributed by atoms with E-state index in [0.717, 1.165) is 76.2 Å². The summed E-state index contributed by atoms with van der Waals surface area (Å²) in [6.45, 7) is 2.07. The minimum atomic E-state index is -0.401. The van der Waals surface area contributed by atoms with E-state index in [0.29, 0.717) is 17.6 Å². The van der Waals surface area contributed by atoms with Crippen molar-refractivity contribution in [1.82, 2.24) is 45.5 Å². The van der Waals surface area contributed by atoms with Gasteiger partial charge in [0.15, 0.2) is 0 Å². The van der Waals surface area contributed by atoms with Gasteiger partial charge in [0.25, 0.3) is 5.91 Å². The van der Waals surface area contributed by atoms with E-state index in [2.05, 4.69) is 65.9 Å². The number of hydrogen-bond donors (Lipinski definition) is 3. The van der Waals surface area contributed by atoms with Gasteiger partial charge < -0.3 is 19.9 Å². The van der Waals surface area contributed by atoms with Crippen LogP contribution in [0.4, 0.5) is 11.5 Å². The van der Waals surface area contributed by atoms with Gasteiger partial charge in [-0.2, -0.15) is 10.1 Å². The number of aromatic amines is 2. The van der Waals surface area contributed by atoms with Crippen LogP contribution in [0, 0.1) is 12.8 Å². The lowest BCUT2D eigenvalue weighted by Crippen LogP contribution is -2.51. The number of H-pyrrole nitrogens is 2. The Balaban J connectivity index is 1.04. The summed E-state index contributed by atoms with van der Waals surface area (Å²) in [5.74, 6) is 1.10. The number of amides is 1. The van der Waals surface area contributed by atoms with Crippen molar-refractivity contribution in [3.8, 4) is 28.5 Å². The van der Waals surface area contributed by atoms with Crippen LogP contribution in [0.25, 0.3) is 33.4 Å². The molecule has 8 rings (SSSR count). The van der Waals surface area contributed by atoms with Crippen LogP contribution in [0.1, 0.15) is 47.8 Å². The fourth-order valence-corrected chi connectivity index (χ4v) is 7.33. The number of aromatic nitrogens is 8. The zero-order valence-corrected chi connectivity index (χ0v) is 25.9. The highest BCUT2D eigenvalue weighted by molar-refractivity contribution is 5.98. The highest BCUT2D eigenvalue weighted by atomic mass is 16.5. The van der Waals surface area contributed by atoms with E-state index in [-0.39, 0.29) is 11.9 Å². The number of rotatable bonds is 8. The fourth-order valence-electron chi connectivity index (χ4n) is 7.33. The lowest BCUT2D eigenvalue weighted by Gasteiger charge is -2.35. The van der Waals surface area contributed by atoms with E-state index >= 15 is 0 Å². The summed E-state index contributed by atoms with van der Waals surface area (Å²) in [6.07, 6.45) is 9.48. The van der Waals surface area contributed by atoms with Crippen molar-refractivity contribution in [2.45, 2.75) is 44.2 Å². The zero-order chi connectivity index (χ0) is 31.4. The minimum Gasteiger partial charge on any atom is -0.467 e. The third-order valence-electron chi connectivity index (χ3n) is 9.76. The second-order valence-corrected chi connectivity index (χ2v) is 12.4. The third-order valence-corrected chi connectivity index (χ3v) is 9.76. The van der Waals surface area contributed by atoms with Gasteiger partial charge in [-0.05, 0) is 74.4 Å². The van der Waals surface area contributed by atoms with Crippen molar-refractivity contribution in [2.24, 2.45) is 5.92 Å². The molecule has 0 aliphatic heterocycles. The molecule has 6 aromatic rings. The number of para-hydroxylation sites is 1. The lowest BCUT2D eigenvalue weighted by molar-refractivity contribution is 0.0859. The van der Waals surface area contributed by atoms with Crippen LogP contribution in [0.5, 0.6) is 6.01 Å². The maximum absolute atomic E-state index is 13.7. The molecule has 2 aliphatic carbocycles. The topological polar surface area (TPSA) is 143 Å². The van der Waals surface area contributed by atoms with E-state index in [1.807, 2.05) is 65.4 Å². The van der Waals surface area contributed by atoms with E-state index in [4.69, 9.17) is 4.74 Å². The van der Waals surface area contributed by atoms with E-state index in [9.17, 15) is 4.79 Å². The Hall–Kier alpha value is -5.52. The Morgan fingerprint density at radius 2 is 2.02 bits per heavy atom. The normalized spacial score (nSPS) is 20.3. The van der Waals surface area contributed by atoms with Crippen molar-refractivity contribution in [1.29, 1.82) is 0 Å². The second-order valence-electron chi connectivity index (χ2n) is 12.4. The molecule has 2 aliphatic rings. The molecule has 3 unspecified atom stereocenters. The van der Waals surface area contributed by atoms with E-state index < -0.39 is 5.54 Å². The molecule has 12 nitrogen and oxygen atoms in total. The van der Waals surface area contributed by atoms with Crippen LogP contribution in [0.2, 0.25) is 0 Å². The standard InChI is InChI=1S/C34H34N10O2/c1-20-8-9-22(43(2)31-11-13-35-33(37-31)46-3)15-24(20)29-19-44(42-41-29)30-14-21-10-12-34(30,17-21)38-32(45)28-16-27(39-40-28)25-18-36-26-7-5-4-6-23(25)26/h4-9,11,13,15-16,18-19,21,30,36H,10,12,14,17H2,1-3H3,(H,38,45)(H,39,40). The summed E-state index contributed by atoms with van der Waals surface area (Å²) in [5, 5.41) is 21.2. The smallest absolute Gasteiger partial charge is 0.318 e. The maximum atomic E-state index is 13.7. The molecule has 4 heterocycles. The molecule has 2 aromatic carbocycles. The molecule has 2 saturated carbocycles. The van der Waals surface area contributed by atoms with Gasteiger partial charge in [0.05, 0.1) is 30.6 Å². The first kappa shape index (κ1) is 28.0. The summed E-state index contributed by atoms with van der Waals surface area (Å²) in [6, 6.07) is 18.3. The van der Waals surface area contributed by atoms with Crippen LogP contribution in [0.15, 0.2) is 73.2 Å². The fraction of sp³-hybridized carbons (Fsp3) is 0.294. The average molecular weight is 615 g/mol. The molecular weight excluding hydrogens is 580 g/mol. The number of carbonyl (C=O) groups is 1. The van der Waals surface area contributed by atoms with E-state index in [1.165, 1.54) is 0 Å². The Morgan fingerprint density at radius 3 is 2.89 bits per heavy atom. The Labute approximate surface area is 265 Å². The highest BCUT2D eigenvalue weighted by Crippen LogP contribution is 2.53. The molecule has 3 atom stereocenters. The predicted molar refractivity (Wildman–Crippen MR) is 174 cm³/mol. The summed E-state index contributed by atoms with van der Waals surface area (Å²) in [5.41, 5.74) is 6.58. The number of nitrogens with one attached hydrogen (secondary N) is 3. The second kappa shape index (κ2) is 10.8. The number of anilines is 2. The van der Waals surface area contributed by atoms with Crippen molar-refractivity contribution in [2.75, 3.05) is 19.1 Å². The summed E-state index contributed by atoms with van der Waals surface area (Å²) >= 11 is 0. The van der Waals surface area contributed by atoms with Gasteiger partial charge in [-0.3, -0.25) is 9.89 Å². The molecule has 12 heteroatoms. The number of fused-ring (bicyclic) bond motifs is 3. The molecule has 46 heavy (non-hydrogen) atoms. The first-order chi connectivity index (χ1) is 22.4. The largest absolute Gasteiger partial charge is 0.467 e. The molecule has 0 saturated heterocycles. The number of hydrogen-bond acceptors (Lipinski definition) is 8. The monoisotopic (exact) mass is 614 g/mol. The van der Waals surface area contributed by atoms with Crippen molar-refractivity contribution < 1.29 is 9.53 Å². The van der Waals surface area contributed by atoms with Gasteiger partial charge in [-0.25, -0.2) is 9.67 Å². The van der Waals surface area contributed by atoms with Crippen LogP contribution < -0.4 is 15.0 Å². The lowest BCUT2D eigenvalue weighted by atomic mass is 9.88. The molecule has 3 N–H and O–H groups in total. The van der Waals surface area contributed by atoms with Gasteiger partial charge in [-0.1, -0.05) is 29.5 Å². The number of ether oxygens (including phenoxy) is 1. The molecule has 2 fully saturated rings. The summed E-state index contributed by atoms with van der Waals surface area (Å²) in [4.78, 5) is 27.5. The Morgan fingerprint density at radius 1 is 1.13 bits per heavy atom. The molecular formula is C34H34N10O2.